The maximum Gasteiger partial charge on any atom is 0.269 e. The smallest absolute Gasteiger partial charge is 0.269 e. The molecule has 186 valence electrons. The van der Waals surface area contributed by atoms with Crippen molar-refractivity contribution in [1.82, 2.24) is 5.32 Å². The standard InChI is InChI=1S/C27H22N4O5S/c28-15-24-23(19-6-12-22(13-7-19)36-16-18-4-2-1-3-5-18)14-25(32)30-27(24)37-17-26(33)29-20-8-10-21(11-9-20)31(34)35/h1-13,23H,14,16-17H2,(H,29,33)(H,30,32). The number of hydrogen-bond acceptors (Lipinski definition) is 7. The van der Waals surface area contributed by atoms with E-state index >= 15 is 0 Å². The minimum Gasteiger partial charge on any atom is -0.489 e. The van der Waals surface area contributed by atoms with Gasteiger partial charge in [-0.3, -0.25) is 19.7 Å². The lowest BCUT2D eigenvalue weighted by Gasteiger charge is -2.25. The van der Waals surface area contributed by atoms with Gasteiger partial charge in [0.2, 0.25) is 11.8 Å². The highest BCUT2D eigenvalue weighted by atomic mass is 32.2. The predicted octanol–water partition coefficient (Wildman–Crippen LogP) is 4.88. The highest BCUT2D eigenvalue weighted by Crippen LogP contribution is 2.36. The van der Waals surface area contributed by atoms with Crippen LogP contribution in [0, 0.1) is 21.4 Å². The van der Waals surface area contributed by atoms with Gasteiger partial charge in [-0.1, -0.05) is 54.2 Å². The Morgan fingerprint density at radius 1 is 1.11 bits per heavy atom. The first-order chi connectivity index (χ1) is 17.9. The number of carbonyl (C=O) groups excluding carboxylic acids is 2. The SMILES string of the molecule is N#CC1=C(SCC(=O)Nc2ccc([N+](=O)[O-])cc2)NC(=O)CC1c1ccc(OCc2ccccc2)cc1. The summed E-state index contributed by atoms with van der Waals surface area (Å²) in [5.41, 5.74) is 2.55. The molecule has 0 radical (unpaired) electrons. The first-order valence-electron chi connectivity index (χ1n) is 11.3. The van der Waals surface area contributed by atoms with Crippen molar-refractivity contribution in [1.29, 1.82) is 5.26 Å². The molecular weight excluding hydrogens is 492 g/mol. The molecule has 2 N–H and O–H groups in total. The average molecular weight is 515 g/mol. The van der Waals surface area contributed by atoms with Gasteiger partial charge in [-0.2, -0.15) is 5.26 Å². The van der Waals surface area contributed by atoms with E-state index in [9.17, 15) is 25.0 Å². The number of carbonyl (C=O) groups is 2. The third-order valence-corrected chi connectivity index (χ3v) is 6.61. The van der Waals surface area contributed by atoms with Gasteiger partial charge in [0.15, 0.2) is 0 Å². The highest BCUT2D eigenvalue weighted by Gasteiger charge is 2.30. The molecule has 0 aromatic heterocycles. The third-order valence-electron chi connectivity index (χ3n) is 5.60. The molecule has 1 aliphatic rings. The number of amides is 2. The summed E-state index contributed by atoms with van der Waals surface area (Å²) in [7, 11) is 0. The van der Waals surface area contributed by atoms with Gasteiger partial charge in [-0.05, 0) is 35.4 Å². The summed E-state index contributed by atoms with van der Waals surface area (Å²) < 4.78 is 5.82. The lowest BCUT2D eigenvalue weighted by molar-refractivity contribution is -0.384. The number of nitrogens with zero attached hydrogens (tertiary/aromatic N) is 2. The molecule has 4 rings (SSSR count). The van der Waals surface area contributed by atoms with Gasteiger partial charge in [0.05, 0.1) is 27.3 Å². The van der Waals surface area contributed by atoms with Gasteiger partial charge >= 0.3 is 0 Å². The molecule has 1 aliphatic heterocycles. The molecule has 1 heterocycles. The number of allylic oxidation sites excluding steroid dienone is 1. The van der Waals surface area contributed by atoms with E-state index in [2.05, 4.69) is 16.7 Å². The van der Waals surface area contributed by atoms with Gasteiger partial charge < -0.3 is 15.4 Å². The van der Waals surface area contributed by atoms with Crippen LogP contribution in [0.25, 0.3) is 0 Å². The second kappa shape index (κ2) is 11.9. The lowest BCUT2D eigenvalue weighted by atomic mass is 9.87. The Kier molecular flexibility index (Phi) is 8.18. The number of non-ortho nitro benzene ring substituents is 1. The minimum atomic E-state index is -0.523. The summed E-state index contributed by atoms with van der Waals surface area (Å²) in [6.07, 6.45) is 0.117. The van der Waals surface area contributed by atoms with E-state index in [1.807, 2.05) is 54.6 Å². The Morgan fingerprint density at radius 2 is 1.81 bits per heavy atom. The summed E-state index contributed by atoms with van der Waals surface area (Å²) in [6, 6.07) is 24.7. The number of ether oxygens (including phenoxy) is 1. The van der Waals surface area contributed by atoms with Crippen LogP contribution in [0.1, 0.15) is 23.5 Å². The Bertz CT molecular complexity index is 1370. The van der Waals surface area contributed by atoms with E-state index < -0.39 is 10.8 Å². The van der Waals surface area contributed by atoms with Gasteiger partial charge in [0.1, 0.15) is 12.4 Å². The molecule has 0 fully saturated rings. The van der Waals surface area contributed by atoms with Crippen LogP contribution < -0.4 is 15.4 Å². The van der Waals surface area contributed by atoms with Crippen molar-refractivity contribution >= 4 is 35.0 Å². The zero-order valence-corrected chi connectivity index (χ0v) is 20.4. The highest BCUT2D eigenvalue weighted by molar-refractivity contribution is 8.03. The Balaban J connectivity index is 1.41. The second-order valence-electron chi connectivity index (χ2n) is 8.14. The normalized spacial score (nSPS) is 14.9. The monoisotopic (exact) mass is 514 g/mol. The fourth-order valence-electron chi connectivity index (χ4n) is 3.76. The van der Waals surface area contributed by atoms with Crippen LogP contribution in [0.5, 0.6) is 5.75 Å². The number of rotatable bonds is 9. The van der Waals surface area contributed by atoms with Crippen LogP contribution in [-0.2, 0) is 16.2 Å². The Hall–Kier alpha value is -4.62. The Morgan fingerprint density at radius 3 is 2.46 bits per heavy atom. The first-order valence-corrected chi connectivity index (χ1v) is 12.3. The average Bonchev–Trinajstić information content (AvgIpc) is 2.91. The molecule has 0 aliphatic carbocycles. The van der Waals surface area contributed by atoms with Crippen LogP contribution in [0.2, 0.25) is 0 Å². The van der Waals surface area contributed by atoms with Gasteiger partial charge in [0.25, 0.3) is 5.69 Å². The van der Waals surface area contributed by atoms with E-state index in [-0.39, 0.29) is 29.7 Å². The molecule has 0 spiro atoms. The largest absolute Gasteiger partial charge is 0.489 e. The quantitative estimate of drug-likeness (QED) is 0.307. The summed E-state index contributed by atoms with van der Waals surface area (Å²) in [4.78, 5) is 35.1. The van der Waals surface area contributed by atoms with Gasteiger partial charge in [-0.25, -0.2) is 0 Å². The fourth-order valence-corrected chi connectivity index (χ4v) is 4.63. The Labute approximate surface area is 217 Å². The van der Waals surface area contributed by atoms with E-state index in [4.69, 9.17) is 4.74 Å². The van der Waals surface area contributed by atoms with Crippen molar-refractivity contribution in [2.24, 2.45) is 0 Å². The lowest BCUT2D eigenvalue weighted by Crippen LogP contribution is -2.31. The number of anilines is 1. The molecule has 2 amide bonds. The molecule has 0 bridgehead atoms. The third kappa shape index (κ3) is 6.74. The van der Waals surface area contributed by atoms with Crippen molar-refractivity contribution < 1.29 is 19.2 Å². The maximum absolute atomic E-state index is 12.4. The second-order valence-corrected chi connectivity index (χ2v) is 9.13. The molecule has 3 aromatic rings. The van der Waals surface area contributed by atoms with Gasteiger partial charge in [0, 0.05) is 30.2 Å². The van der Waals surface area contributed by atoms with Crippen molar-refractivity contribution in [3.63, 3.8) is 0 Å². The van der Waals surface area contributed by atoms with E-state index in [1.165, 1.54) is 24.3 Å². The molecular formula is C27H22N4O5S. The molecule has 9 nitrogen and oxygen atoms in total. The van der Waals surface area contributed by atoms with E-state index in [0.29, 0.717) is 28.6 Å². The number of thioether (sulfide) groups is 1. The van der Waals surface area contributed by atoms with Crippen molar-refractivity contribution in [2.45, 2.75) is 18.9 Å². The molecule has 3 aromatic carbocycles. The number of nitrogens with one attached hydrogen (secondary N) is 2. The van der Waals surface area contributed by atoms with E-state index in [0.717, 1.165) is 22.9 Å². The molecule has 37 heavy (non-hydrogen) atoms. The van der Waals surface area contributed by atoms with Crippen molar-refractivity contribution in [3.05, 3.63) is 111 Å². The number of hydrogen-bond donors (Lipinski definition) is 2. The maximum atomic E-state index is 12.4. The summed E-state index contributed by atoms with van der Waals surface area (Å²) in [5.74, 6) is -0.446. The zero-order valence-electron chi connectivity index (χ0n) is 19.5. The summed E-state index contributed by atoms with van der Waals surface area (Å²) in [5, 5.41) is 26.3. The van der Waals surface area contributed by atoms with Gasteiger partial charge in [-0.15, -0.1) is 0 Å². The van der Waals surface area contributed by atoms with Crippen molar-refractivity contribution in [2.75, 3.05) is 11.1 Å². The van der Waals surface area contributed by atoms with E-state index in [1.54, 1.807) is 0 Å². The van der Waals surface area contributed by atoms with Crippen LogP contribution in [0.15, 0.2) is 89.5 Å². The number of nitro groups is 1. The van der Waals surface area contributed by atoms with Crippen molar-refractivity contribution in [3.8, 4) is 11.8 Å². The molecule has 1 atom stereocenters. The zero-order chi connectivity index (χ0) is 26.2. The summed E-state index contributed by atoms with van der Waals surface area (Å²) in [6.45, 7) is 0.429. The van der Waals surface area contributed by atoms with Crippen LogP contribution in [0.4, 0.5) is 11.4 Å². The van der Waals surface area contributed by atoms with Crippen LogP contribution in [0.3, 0.4) is 0 Å². The number of nitriles is 1. The number of benzene rings is 3. The first kappa shape index (κ1) is 25.5. The molecule has 10 heteroatoms. The molecule has 1 unspecified atom stereocenters. The topological polar surface area (TPSA) is 134 Å². The number of nitro benzene ring substituents is 1. The molecule has 0 saturated carbocycles. The van der Waals surface area contributed by atoms with Crippen LogP contribution >= 0.6 is 11.8 Å². The summed E-state index contributed by atoms with van der Waals surface area (Å²) >= 11 is 1.06. The molecule has 0 saturated heterocycles. The minimum absolute atomic E-state index is 0.0588. The fraction of sp³-hybridized carbons (Fsp3) is 0.148. The predicted molar refractivity (Wildman–Crippen MR) is 140 cm³/mol. The van der Waals surface area contributed by atoms with Crippen LogP contribution in [-0.4, -0.2) is 22.5 Å².